The van der Waals surface area contributed by atoms with Crippen molar-refractivity contribution in [2.45, 2.75) is 65.5 Å². The van der Waals surface area contributed by atoms with Crippen LogP contribution in [0.1, 0.15) is 70.5 Å². The van der Waals surface area contributed by atoms with Gasteiger partial charge in [-0.05, 0) is 42.7 Å². The van der Waals surface area contributed by atoms with E-state index in [9.17, 15) is 9.59 Å². The van der Waals surface area contributed by atoms with Crippen molar-refractivity contribution in [3.8, 4) is 0 Å². The SMILES string of the molecule is CCC1=C(C(=O)OC)[C@H](c2ccc(C(C)C)cc2)N2C(CC(=O)NC(C)C)=CSC2=N1. The zero-order valence-corrected chi connectivity index (χ0v) is 19.9. The van der Waals surface area contributed by atoms with E-state index in [1.807, 2.05) is 31.1 Å². The minimum atomic E-state index is -0.388. The van der Waals surface area contributed by atoms with E-state index in [0.717, 1.165) is 22.1 Å². The van der Waals surface area contributed by atoms with E-state index < -0.39 is 0 Å². The number of esters is 1. The van der Waals surface area contributed by atoms with Gasteiger partial charge in [0.25, 0.3) is 0 Å². The lowest BCUT2D eigenvalue weighted by molar-refractivity contribution is -0.136. The number of hydrogen-bond acceptors (Lipinski definition) is 6. The Labute approximate surface area is 188 Å². The summed E-state index contributed by atoms with van der Waals surface area (Å²) < 4.78 is 5.15. The van der Waals surface area contributed by atoms with E-state index in [1.165, 1.54) is 24.4 Å². The molecule has 7 heteroatoms. The fourth-order valence-corrected chi connectivity index (χ4v) is 4.77. The Morgan fingerprint density at radius 1 is 1.19 bits per heavy atom. The first-order valence-electron chi connectivity index (χ1n) is 10.7. The summed E-state index contributed by atoms with van der Waals surface area (Å²) in [6.07, 6.45) is 0.840. The summed E-state index contributed by atoms with van der Waals surface area (Å²) >= 11 is 1.49. The van der Waals surface area contributed by atoms with E-state index in [4.69, 9.17) is 9.73 Å². The van der Waals surface area contributed by atoms with Gasteiger partial charge in [-0.15, -0.1) is 0 Å². The van der Waals surface area contributed by atoms with E-state index in [0.29, 0.717) is 17.9 Å². The molecular formula is C24H31N3O3S. The first-order valence-corrected chi connectivity index (χ1v) is 11.6. The highest BCUT2D eigenvalue weighted by atomic mass is 32.2. The average molecular weight is 442 g/mol. The van der Waals surface area contributed by atoms with Gasteiger partial charge in [0.1, 0.15) is 0 Å². The molecule has 1 amide bonds. The van der Waals surface area contributed by atoms with Gasteiger partial charge in [0, 0.05) is 11.7 Å². The molecule has 1 aromatic rings. The molecule has 0 aliphatic carbocycles. The first kappa shape index (κ1) is 23.1. The van der Waals surface area contributed by atoms with Gasteiger partial charge in [-0.2, -0.15) is 0 Å². The van der Waals surface area contributed by atoms with Crippen LogP contribution in [0.15, 0.2) is 51.6 Å². The Bertz CT molecular complexity index is 945. The molecule has 0 fully saturated rings. The molecule has 0 spiro atoms. The number of carbonyl (C=O) groups excluding carboxylic acids is 2. The summed E-state index contributed by atoms with van der Waals surface area (Å²) in [7, 11) is 1.40. The predicted molar refractivity (Wildman–Crippen MR) is 125 cm³/mol. The smallest absolute Gasteiger partial charge is 0.338 e. The molecule has 0 saturated heterocycles. The summed E-state index contributed by atoms with van der Waals surface area (Å²) in [6.45, 7) is 10.2. The van der Waals surface area contributed by atoms with Gasteiger partial charge in [-0.3, -0.25) is 4.79 Å². The van der Waals surface area contributed by atoms with Gasteiger partial charge in [0.2, 0.25) is 5.91 Å². The van der Waals surface area contributed by atoms with Crippen LogP contribution >= 0.6 is 11.8 Å². The molecule has 1 N–H and O–H groups in total. The van der Waals surface area contributed by atoms with Gasteiger partial charge >= 0.3 is 5.97 Å². The Morgan fingerprint density at radius 2 is 1.87 bits per heavy atom. The highest BCUT2D eigenvalue weighted by molar-refractivity contribution is 8.16. The zero-order valence-electron chi connectivity index (χ0n) is 19.1. The molecule has 2 aliphatic rings. The van der Waals surface area contributed by atoms with Crippen molar-refractivity contribution in [1.29, 1.82) is 0 Å². The fourth-order valence-electron chi connectivity index (χ4n) is 3.83. The highest BCUT2D eigenvalue weighted by Gasteiger charge is 2.41. The third kappa shape index (κ3) is 4.87. The molecule has 2 aliphatic heterocycles. The van der Waals surface area contributed by atoms with Crippen molar-refractivity contribution in [2.24, 2.45) is 4.99 Å². The van der Waals surface area contributed by atoms with E-state index in [1.54, 1.807) is 0 Å². The lowest BCUT2D eigenvalue weighted by Crippen LogP contribution is -2.38. The molecule has 0 saturated carbocycles. The van der Waals surface area contributed by atoms with Crippen molar-refractivity contribution in [2.75, 3.05) is 7.11 Å². The molecule has 31 heavy (non-hydrogen) atoms. The molecule has 1 atom stereocenters. The van der Waals surface area contributed by atoms with Crippen molar-refractivity contribution in [3.05, 3.63) is 57.8 Å². The molecular weight excluding hydrogens is 410 g/mol. The molecule has 0 unspecified atom stereocenters. The largest absolute Gasteiger partial charge is 0.466 e. The van der Waals surface area contributed by atoms with E-state index >= 15 is 0 Å². The number of amidine groups is 1. The molecule has 0 bridgehead atoms. The van der Waals surface area contributed by atoms with E-state index in [-0.39, 0.29) is 30.4 Å². The lowest BCUT2D eigenvalue weighted by Gasteiger charge is -2.36. The number of benzene rings is 1. The molecule has 1 aromatic carbocycles. The minimum absolute atomic E-state index is 0.0538. The number of amides is 1. The fraction of sp³-hybridized carbons (Fsp3) is 0.458. The van der Waals surface area contributed by atoms with Crippen LogP contribution in [0.5, 0.6) is 0 Å². The number of allylic oxidation sites excluding steroid dienone is 1. The number of carbonyl (C=O) groups is 2. The third-order valence-corrected chi connectivity index (χ3v) is 6.23. The number of hydrogen-bond donors (Lipinski definition) is 1. The van der Waals surface area contributed by atoms with Crippen molar-refractivity contribution in [3.63, 3.8) is 0 Å². The molecule has 3 rings (SSSR count). The molecule has 6 nitrogen and oxygen atoms in total. The maximum Gasteiger partial charge on any atom is 0.338 e. The number of fused-ring (bicyclic) bond motifs is 1. The number of nitrogens with zero attached hydrogens (tertiary/aromatic N) is 2. The second kappa shape index (κ2) is 9.73. The minimum Gasteiger partial charge on any atom is -0.466 e. The molecule has 0 radical (unpaired) electrons. The molecule has 166 valence electrons. The average Bonchev–Trinajstić information content (AvgIpc) is 3.13. The summed E-state index contributed by atoms with van der Waals surface area (Å²) in [4.78, 5) is 32.2. The maximum absolute atomic E-state index is 12.9. The van der Waals surface area contributed by atoms with Crippen LogP contribution in [0.25, 0.3) is 0 Å². The van der Waals surface area contributed by atoms with E-state index in [2.05, 4.69) is 43.4 Å². The quantitative estimate of drug-likeness (QED) is 0.612. The van der Waals surface area contributed by atoms with Crippen LogP contribution in [0, 0.1) is 0 Å². The summed E-state index contributed by atoms with van der Waals surface area (Å²) in [5, 5.41) is 5.69. The van der Waals surface area contributed by atoms with Crippen LogP contribution < -0.4 is 5.32 Å². The second-order valence-corrected chi connectivity index (χ2v) is 9.16. The summed E-state index contributed by atoms with van der Waals surface area (Å²) in [5.74, 6) is -0.0285. The Morgan fingerprint density at radius 3 is 2.42 bits per heavy atom. The number of rotatable bonds is 7. The standard InChI is InChI=1S/C24H31N3O3S/c1-7-19-21(23(29)30-6)22(17-10-8-16(9-11-17)14(2)3)27-18(13-31-24(27)26-19)12-20(28)25-15(4)5/h8-11,13-15,22H,7,12H2,1-6H3,(H,25,28)/t22-/m0/s1. The van der Waals surface area contributed by atoms with Gasteiger partial charge < -0.3 is 15.0 Å². The lowest BCUT2D eigenvalue weighted by atomic mass is 9.91. The van der Waals surface area contributed by atoms with Crippen LogP contribution in [0.3, 0.4) is 0 Å². The number of thioether (sulfide) groups is 1. The van der Waals surface area contributed by atoms with Gasteiger partial charge in [-0.25, -0.2) is 9.79 Å². The van der Waals surface area contributed by atoms with Crippen LogP contribution in [-0.2, 0) is 14.3 Å². The monoisotopic (exact) mass is 441 g/mol. The van der Waals surface area contributed by atoms with Crippen LogP contribution in [0.2, 0.25) is 0 Å². The Hall–Kier alpha value is -2.54. The van der Waals surface area contributed by atoms with Crippen LogP contribution in [0.4, 0.5) is 0 Å². The number of methoxy groups -OCH3 is 1. The van der Waals surface area contributed by atoms with Gasteiger partial charge in [0.05, 0.1) is 30.8 Å². The number of nitrogens with one attached hydrogen (secondary N) is 1. The second-order valence-electron chi connectivity index (χ2n) is 8.32. The maximum atomic E-state index is 12.9. The van der Waals surface area contributed by atoms with Gasteiger partial charge in [-0.1, -0.05) is 56.8 Å². The van der Waals surface area contributed by atoms with Gasteiger partial charge in [0.15, 0.2) is 5.17 Å². The number of ether oxygens (including phenoxy) is 1. The van der Waals surface area contributed by atoms with Crippen LogP contribution in [-0.4, -0.2) is 35.1 Å². The summed E-state index contributed by atoms with van der Waals surface area (Å²) in [6, 6.07) is 8.01. The topological polar surface area (TPSA) is 71.0 Å². The van der Waals surface area contributed by atoms with Crippen molar-refractivity contribution < 1.29 is 14.3 Å². The third-order valence-electron chi connectivity index (χ3n) is 5.34. The highest BCUT2D eigenvalue weighted by Crippen LogP contribution is 2.45. The van der Waals surface area contributed by atoms with Crippen molar-refractivity contribution in [1.82, 2.24) is 10.2 Å². The predicted octanol–water partition coefficient (Wildman–Crippen LogP) is 4.86. The molecule has 0 aromatic heterocycles. The zero-order chi connectivity index (χ0) is 22.7. The normalized spacial score (nSPS) is 18.2. The number of aliphatic imine (C=N–C) groups is 1. The Balaban J connectivity index is 2.06. The first-order chi connectivity index (χ1) is 14.8. The summed E-state index contributed by atoms with van der Waals surface area (Å²) in [5.41, 5.74) is 4.29. The Kier molecular flexibility index (Phi) is 7.26. The van der Waals surface area contributed by atoms with Crippen molar-refractivity contribution >= 4 is 28.8 Å². The molecule has 2 heterocycles.